The smallest absolute Gasteiger partial charge is 0.257 e. The van der Waals surface area contributed by atoms with Gasteiger partial charge in [-0.2, -0.15) is 5.26 Å². The van der Waals surface area contributed by atoms with Gasteiger partial charge in [0.05, 0.1) is 17.1 Å². The van der Waals surface area contributed by atoms with E-state index in [2.05, 4.69) is 16.7 Å². The minimum absolute atomic E-state index is 0.00856. The van der Waals surface area contributed by atoms with Crippen LogP contribution in [0.1, 0.15) is 31.2 Å². The summed E-state index contributed by atoms with van der Waals surface area (Å²) >= 11 is 0. The van der Waals surface area contributed by atoms with Gasteiger partial charge >= 0.3 is 0 Å². The van der Waals surface area contributed by atoms with Crippen LogP contribution in [0, 0.1) is 28.5 Å². The number of likely N-dealkylation sites (N-methyl/N-ethyl adjacent to an activating group) is 1. The molecule has 1 saturated carbocycles. The molecule has 3 atom stereocenters. The molecule has 3 N–H and O–H groups in total. The van der Waals surface area contributed by atoms with Crippen LogP contribution < -0.4 is 10.6 Å². The van der Waals surface area contributed by atoms with Crippen LogP contribution in [0.2, 0.25) is 0 Å². The number of carbonyl (C=O) groups excluding carboxylic acids is 3. The van der Waals surface area contributed by atoms with Crippen molar-refractivity contribution in [1.82, 2.24) is 9.80 Å². The number of anilines is 2. The Labute approximate surface area is 225 Å². The maximum absolute atomic E-state index is 14.0. The standard InChI is InChI=1S/C29H29FN6O3/c1-35(26(37)19(14-31)16-33-21-10-8-20(30)9-11-21)25(12-18-6-7-18)27(38)36-17-29(13-22(36)15-32)23-4-2-3-5-24(23)34-28(29)39/h2-5,8-11,14,16,18,22,25,31,33H,6-7,12-13,17H2,1H3,(H,34,39)/b19-16+,31-14?/t22-,25-,29-/m0/s1. The Bertz CT molecular complexity index is 1400. The number of nitriles is 1. The van der Waals surface area contributed by atoms with Crippen LogP contribution in [0.15, 0.2) is 60.3 Å². The minimum Gasteiger partial charge on any atom is -0.361 e. The fourth-order valence-corrected chi connectivity index (χ4v) is 5.49. The Morgan fingerprint density at radius 1 is 1.28 bits per heavy atom. The van der Waals surface area contributed by atoms with Gasteiger partial charge in [0.25, 0.3) is 5.91 Å². The third-order valence-corrected chi connectivity index (χ3v) is 7.88. The van der Waals surface area contributed by atoms with Crippen LogP contribution in [-0.2, 0) is 19.8 Å². The summed E-state index contributed by atoms with van der Waals surface area (Å²) in [4.78, 5) is 43.4. The van der Waals surface area contributed by atoms with E-state index < -0.39 is 29.2 Å². The minimum atomic E-state index is -1.02. The number of fused-ring (bicyclic) bond motifs is 2. The number of halogens is 1. The van der Waals surface area contributed by atoms with Crippen molar-refractivity contribution < 1.29 is 18.8 Å². The van der Waals surface area contributed by atoms with Gasteiger partial charge in [-0.1, -0.05) is 31.0 Å². The van der Waals surface area contributed by atoms with Gasteiger partial charge in [0.15, 0.2) is 0 Å². The summed E-state index contributed by atoms with van der Waals surface area (Å²) in [7, 11) is 1.52. The summed E-state index contributed by atoms with van der Waals surface area (Å²) in [5, 5.41) is 23.6. The van der Waals surface area contributed by atoms with Crippen molar-refractivity contribution in [2.24, 2.45) is 5.92 Å². The van der Waals surface area contributed by atoms with E-state index in [0.29, 0.717) is 17.8 Å². The number of amides is 3. The monoisotopic (exact) mass is 528 g/mol. The molecule has 1 spiro atoms. The number of benzene rings is 2. The molecule has 2 heterocycles. The molecule has 0 unspecified atom stereocenters. The van der Waals surface area contributed by atoms with E-state index in [1.807, 2.05) is 18.2 Å². The van der Waals surface area contributed by atoms with Crippen LogP contribution in [0.4, 0.5) is 15.8 Å². The number of hydrogen-bond acceptors (Lipinski definition) is 6. The molecule has 39 heavy (non-hydrogen) atoms. The van der Waals surface area contributed by atoms with E-state index in [9.17, 15) is 24.0 Å². The number of nitrogens with zero attached hydrogens (tertiary/aromatic N) is 3. The largest absolute Gasteiger partial charge is 0.361 e. The molecule has 0 aromatic heterocycles. The van der Waals surface area contributed by atoms with Crippen molar-refractivity contribution in [2.45, 2.75) is 43.2 Å². The number of rotatable bonds is 8. The third-order valence-electron chi connectivity index (χ3n) is 7.88. The van der Waals surface area contributed by atoms with Gasteiger partial charge in [0.1, 0.15) is 17.9 Å². The fraction of sp³-hybridized carbons (Fsp3) is 0.345. The zero-order valence-corrected chi connectivity index (χ0v) is 21.5. The van der Waals surface area contributed by atoms with E-state index in [1.54, 1.807) is 6.07 Å². The van der Waals surface area contributed by atoms with Crippen molar-refractivity contribution in [3.63, 3.8) is 0 Å². The molecule has 2 aromatic rings. The summed E-state index contributed by atoms with van der Waals surface area (Å²) in [6.45, 7) is 0.0511. The van der Waals surface area contributed by atoms with Crippen molar-refractivity contribution in [3.8, 4) is 6.07 Å². The third kappa shape index (κ3) is 4.88. The molecular weight excluding hydrogens is 499 g/mol. The molecule has 2 fully saturated rings. The lowest BCUT2D eigenvalue weighted by Gasteiger charge is -2.32. The predicted octanol–water partition coefficient (Wildman–Crippen LogP) is 3.41. The van der Waals surface area contributed by atoms with Crippen LogP contribution in [0.3, 0.4) is 0 Å². The molecule has 5 rings (SSSR count). The topological polar surface area (TPSA) is 129 Å². The summed E-state index contributed by atoms with van der Waals surface area (Å²) in [6, 6.07) is 13.4. The first-order valence-corrected chi connectivity index (χ1v) is 12.9. The van der Waals surface area contributed by atoms with Crippen molar-refractivity contribution in [3.05, 3.63) is 71.7 Å². The van der Waals surface area contributed by atoms with Crippen molar-refractivity contribution in [2.75, 3.05) is 24.2 Å². The van der Waals surface area contributed by atoms with Crippen LogP contribution >= 0.6 is 0 Å². The van der Waals surface area contributed by atoms with E-state index in [1.165, 1.54) is 47.3 Å². The van der Waals surface area contributed by atoms with Crippen LogP contribution in [0.5, 0.6) is 0 Å². The van der Waals surface area contributed by atoms with Gasteiger partial charge in [-0.3, -0.25) is 14.4 Å². The van der Waals surface area contributed by atoms with Gasteiger partial charge in [0, 0.05) is 43.8 Å². The Kier molecular flexibility index (Phi) is 6.91. The highest BCUT2D eigenvalue weighted by atomic mass is 19.1. The van der Waals surface area contributed by atoms with Gasteiger partial charge < -0.3 is 25.8 Å². The lowest BCUT2D eigenvalue weighted by atomic mass is 9.80. The Morgan fingerprint density at radius 2 is 2.00 bits per heavy atom. The molecule has 0 radical (unpaired) electrons. The molecule has 0 bridgehead atoms. The van der Waals surface area contributed by atoms with E-state index >= 15 is 0 Å². The molecule has 3 aliphatic rings. The van der Waals surface area contributed by atoms with E-state index in [0.717, 1.165) is 24.6 Å². The van der Waals surface area contributed by atoms with Gasteiger partial charge in [-0.25, -0.2) is 4.39 Å². The van der Waals surface area contributed by atoms with E-state index in [4.69, 9.17) is 5.41 Å². The highest BCUT2D eigenvalue weighted by molar-refractivity contribution is 6.12. The highest BCUT2D eigenvalue weighted by Gasteiger charge is 2.56. The lowest BCUT2D eigenvalue weighted by Crippen LogP contribution is -2.52. The molecule has 200 valence electrons. The van der Waals surface area contributed by atoms with Gasteiger partial charge in [-0.05, 0) is 48.2 Å². The summed E-state index contributed by atoms with van der Waals surface area (Å²) in [5.74, 6) is -1.26. The zero-order chi connectivity index (χ0) is 27.7. The molecule has 2 aliphatic heterocycles. The Morgan fingerprint density at radius 3 is 2.67 bits per heavy atom. The zero-order valence-electron chi connectivity index (χ0n) is 21.5. The number of para-hydroxylation sites is 1. The molecular formula is C29H29FN6O3. The average Bonchev–Trinajstić information content (AvgIpc) is 3.62. The SMILES string of the molecule is CN(C(=O)/C(C=N)=C/Nc1ccc(F)cc1)[C@@H](CC1CC1)C(=O)N1C[C@]2(C[C@H]1C#N)C(=O)Nc1ccccc12. The Hall–Kier alpha value is -4.52. The molecule has 10 heteroatoms. The number of likely N-dealkylation sites (tertiary alicyclic amines) is 1. The summed E-state index contributed by atoms with van der Waals surface area (Å²) in [5.41, 5.74) is 0.984. The molecule has 3 amide bonds. The molecule has 9 nitrogen and oxygen atoms in total. The second kappa shape index (κ2) is 10.3. The number of nitrogens with one attached hydrogen (secondary N) is 3. The van der Waals surface area contributed by atoms with Crippen molar-refractivity contribution >= 4 is 35.3 Å². The predicted molar refractivity (Wildman–Crippen MR) is 143 cm³/mol. The first kappa shape index (κ1) is 26.1. The Balaban J connectivity index is 1.39. The molecule has 2 aromatic carbocycles. The van der Waals surface area contributed by atoms with Crippen molar-refractivity contribution in [1.29, 1.82) is 10.7 Å². The molecule has 1 saturated heterocycles. The molecule has 1 aliphatic carbocycles. The first-order valence-electron chi connectivity index (χ1n) is 12.9. The summed E-state index contributed by atoms with van der Waals surface area (Å²) < 4.78 is 13.2. The van der Waals surface area contributed by atoms with Crippen LogP contribution in [-0.4, -0.2) is 59.4 Å². The fourth-order valence-electron chi connectivity index (χ4n) is 5.49. The quantitative estimate of drug-likeness (QED) is 0.357. The second-order valence-electron chi connectivity index (χ2n) is 10.4. The van der Waals surface area contributed by atoms with E-state index in [-0.39, 0.29) is 36.3 Å². The first-order chi connectivity index (χ1) is 18.8. The maximum atomic E-state index is 14.0. The maximum Gasteiger partial charge on any atom is 0.257 e. The number of hydrogen-bond donors (Lipinski definition) is 3. The van der Waals surface area contributed by atoms with Gasteiger partial charge in [0.2, 0.25) is 11.8 Å². The van der Waals surface area contributed by atoms with Gasteiger partial charge in [-0.15, -0.1) is 0 Å². The summed E-state index contributed by atoms with van der Waals surface area (Å²) in [6.07, 6.45) is 4.76. The second-order valence-corrected chi connectivity index (χ2v) is 10.4. The normalized spacial score (nSPS) is 22.6. The average molecular weight is 529 g/mol. The highest BCUT2D eigenvalue weighted by Crippen LogP contribution is 2.47. The number of carbonyl (C=O) groups is 3. The lowest BCUT2D eigenvalue weighted by molar-refractivity contribution is -0.143. The van der Waals surface area contributed by atoms with Crippen LogP contribution in [0.25, 0.3) is 0 Å².